The molecule has 3 heteroatoms. The van der Waals surface area contributed by atoms with Crippen LogP contribution in [-0.2, 0) is 0 Å². The molecule has 0 spiro atoms. The minimum Gasteiger partial charge on any atom is -0.507 e. The zero-order valence-corrected chi connectivity index (χ0v) is 15.5. The summed E-state index contributed by atoms with van der Waals surface area (Å²) in [4.78, 5) is 0. The molecule has 0 amide bonds. The van der Waals surface area contributed by atoms with E-state index in [1.165, 1.54) is 43.7 Å². The average molecular weight is 388 g/mol. The lowest BCUT2D eigenvalue weighted by molar-refractivity contribution is 0.471. The monoisotopic (exact) mass is 388 g/mol. The lowest BCUT2D eigenvalue weighted by Crippen LogP contribution is -2.25. The number of aromatic hydroxyl groups is 1. The van der Waals surface area contributed by atoms with Crippen molar-refractivity contribution >= 4 is 37.3 Å². The van der Waals surface area contributed by atoms with Crippen LogP contribution in [0.2, 0.25) is 5.04 Å². The third-order valence-electron chi connectivity index (χ3n) is 3.34. The molecule has 0 bridgehead atoms. The minimum absolute atomic E-state index is 0.381. The van der Waals surface area contributed by atoms with Gasteiger partial charge in [0.15, 0.2) is 0 Å². The predicted octanol–water partition coefficient (Wildman–Crippen LogP) is 4.89. The van der Waals surface area contributed by atoms with Crippen LogP contribution in [0.1, 0.15) is 59.3 Å². The Morgan fingerprint density at radius 3 is 2.47 bits per heavy atom. The van der Waals surface area contributed by atoms with Crippen LogP contribution >= 0.6 is 22.6 Å². The standard InChI is InChI=1S/C16H25IOSi/c1-4-5-6-7-8-11-16(2,3)19-13-9-10-15(18)14(17)12-13/h9-10,12,18H,4-8,11H2,1-3H3. The second-order valence-corrected chi connectivity index (χ2v) is 9.18. The first kappa shape index (κ1) is 17.0. The van der Waals surface area contributed by atoms with Crippen LogP contribution in [0.25, 0.3) is 0 Å². The highest BCUT2D eigenvalue weighted by Crippen LogP contribution is 2.30. The Balaban J connectivity index is 2.42. The van der Waals surface area contributed by atoms with Gasteiger partial charge in [0.05, 0.1) is 13.1 Å². The maximum Gasteiger partial charge on any atom is 0.128 e. The fourth-order valence-electron chi connectivity index (χ4n) is 2.21. The Morgan fingerprint density at radius 1 is 1.16 bits per heavy atom. The molecule has 0 atom stereocenters. The molecule has 0 saturated heterocycles. The summed E-state index contributed by atoms with van der Waals surface area (Å²) in [5.41, 5.74) is 0. The van der Waals surface area contributed by atoms with Crippen LogP contribution in [0, 0.1) is 3.57 Å². The molecule has 1 rings (SSSR count). The van der Waals surface area contributed by atoms with Gasteiger partial charge < -0.3 is 5.11 Å². The summed E-state index contributed by atoms with van der Waals surface area (Å²) >= 11 is 2.20. The highest BCUT2D eigenvalue weighted by Gasteiger charge is 2.19. The van der Waals surface area contributed by atoms with E-state index < -0.39 is 0 Å². The number of rotatable bonds is 8. The van der Waals surface area contributed by atoms with Crippen molar-refractivity contribution in [3.63, 3.8) is 0 Å². The summed E-state index contributed by atoms with van der Waals surface area (Å²) in [6, 6.07) is 6.00. The highest BCUT2D eigenvalue weighted by atomic mass is 127. The van der Waals surface area contributed by atoms with Gasteiger partial charge in [-0.15, -0.1) is 0 Å². The van der Waals surface area contributed by atoms with Gasteiger partial charge in [0.1, 0.15) is 5.75 Å². The third-order valence-corrected chi connectivity index (χ3v) is 5.73. The molecule has 1 N–H and O–H groups in total. The van der Waals surface area contributed by atoms with Crippen molar-refractivity contribution in [2.45, 2.75) is 64.3 Å². The smallest absolute Gasteiger partial charge is 0.128 e. The van der Waals surface area contributed by atoms with Gasteiger partial charge in [0.25, 0.3) is 0 Å². The Kier molecular flexibility index (Phi) is 7.43. The Labute approximate surface area is 134 Å². The van der Waals surface area contributed by atoms with Gasteiger partial charge in [-0.3, -0.25) is 0 Å². The molecule has 0 unspecified atom stereocenters. The number of unbranched alkanes of at least 4 members (excludes halogenated alkanes) is 4. The van der Waals surface area contributed by atoms with Crippen molar-refractivity contribution in [1.82, 2.24) is 0 Å². The molecule has 0 aliphatic heterocycles. The lowest BCUT2D eigenvalue weighted by atomic mass is 10.0. The van der Waals surface area contributed by atoms with E-state index >= 15 is 0 Å². The van der Waals surface area contributed by atoms with Gasteiger partial charge in [-0.2, -0.15) is 0 Å². The van der Waals surface area contributed by atoms with Crippen LogP contribution < -0.4 is 5.19 Å². The number of phenolic OH excluding ortho intramolecular Hbond substituents is 1. The normalized spacial score (nSPS) is 11.8. The van der Waals surface area contributed by atoms with Gasteiger partial charge in [-0.1, -0.05) is 70.5 Å². The Hall–Kier alpha value is -0.0331. The highest BCUT2D eigenvalue weighted by molar-refractivity contribution is 14.1. The molecule has 106 valence electrons. The summed E-state index contributed by atoms with van der Waals surface area (Å²) < 4.78 is 0.960. The fourth-order valence-corrected chi connectivity index (χ4v) is 4.48. The quantitative estimate of drug-likeness (QED) is 0.382. The van der Waals surface area contributed by atoms with Gasteiger partial charge in [0.2, 0.25) is 0 Å². The molecule has 0 saturated carbocycles. The second-order valence-electron chi connectivity index (χ2n) is 5.84. The summed E-state index contributed by atoms with van der Waals surface area (Å²) in [6.07, 6.45) is 8.08. The maximum atomic E-state index is 9.56. The van der Waals surface area contributed by atoms with Crippen LogP contribution in [0.3, 0.4) is 0 Å². The van der Waals surface area contributed by atoms with Crippen LogP contribution in [0.4, 0.5) is 0 Å². The molecule has 0 aliphatic carbocycles. The van der Waals surface area contributed by atoms with Gasteiger partial charge >= 0.3 is 0 Å². The summed E-state index contributed by atoms with van der Waals surface area (Å²) in [5.74, 6) is 0.395. The van der Waals surface area contributed by atoms with E-state index in [1.807, 2.05) is 6.07 Å². The molecule has 1 nitrogen and oxygen atoms in total. The Morgan fingerprint density at radius 2 is 1.84 bits per heavy atom. The van der Waals surface area contributed by atoms with E-state index in [4.69, 9.17) is 0 Å². The Bertz CT molecular complexity index is 390. The molecular weight excluding hydrogens is 363 g/mol. The molecule has 1 aromatic rings. The van der Waals surface area contributed by atoms with Crippen molar-refractivity contribution in [2.24, 2.45) is 0 Å². The van der Waals surface area contributed by atoms with Crippen molar-refractivity contribution in [3.8, 4) is 5.75 Å². The predicted molar refractivity (Wildman–Crippen MR) is 93.6 cm³/mol. The zero-order valence-electron chi connectivity index (χ0n) is 12.3. The van der Waals surface area contributed by atoms with E-state index in [2.05, 4.69) is 55.5 Å². The lowest BCUT2D eigenvalue weighted by Gasteiger charge is -2.24. The topological polar surface area (TPSA) is 20.2 Å². The van der Waals surface area contributed by atoms with E-state index in [0.717, 1.165) is 13.1 Å². The first-order valence-electron chi connectivity index (χ1n) is 7.21. The van der Waals surface area contributed by atoms with Crippen molar-refractivity contribution in [1.29, 1.82) is 0 Å². The first-order valence-corrected chi connectivity index (χ1v) is 9.29. The maximum absolute atomic E-state index is 9.56. The van der Waals surface area contributed by atoms with Gasteiger partial charge in [0, 0.05) is 0 Å². The molecule has 1 aromatic carbocycles. The van der Waals surface area contributed by atoms with Gasteiger partial charge in [-0.05, 0) is 39.8 Å². The van der Waals surface area contributed by atoms with Crippen molar-refractivity contribution in [3.05, 3.63) is 21.8 Å². The van der Waals surface area contributed by atoms with Crippen molar-refractivity contribution < 1.29 is 5.11 Å². The van der Waals surface area contributed by atoms with Crippen LogP contribution in [0.5, 0.6) is 5.75 Å². The largest absolute Gasteiger partial charge is 0.507 e. The minimum atomic E-state index is 0.381. The van der Waals surface area contributed by atoms with Crippen LogP contribution in [0.15, 0.2) is 18.2 Å². The molecule has 2 radical (unpaired) electrons. The number of benzene rings is 1. The average Bonchev–Trinajstić information content (AvgIpc) is 2.33. The number of phenols is 1. The number of hydrogen-bond acceptors (Lipinski definition) is 1. The van der Waals surface area contributed by atoms with Gasteiger partial charge in [-0.25, -0.2) is 0 Å². The number of hydrogen-bond donors (Lipinski definition) is 1. The second kappa shape index (κ2) is 8.30. The van der Waals surface area contributed by atoms with E-state index in [1.54, 1.807) is 0 Å². The number of halogens is 1. The molecule has 19 heavy (non-hydrogen) atoms. The summed E-state index contributed by atoms with van der Waals surface area (Å²) in [6.45, 7) is 6.99. The molecule has 0 heterocycles. The third kappa shape index (κ3) is 6.79. The van der Waals surface area contributed by atoms with Crippen LogP contribution in [-0.4, -0.2) is 14.6 Å². The fraction of sp³-hybridized carbons (Fsp3) is 0.625. The molecular formula is C16H25IOSi. The first-order chi connectivity index (χ1) is 8.94. The summed E-state index contributed by atoms with van der Waals surface area (Å²) in [7, 11) is 0.820. The van der Waals surface area contributed by atoms with E-state index in [-0.39, 0.29) is 0 Å². The van der Waals surface area contributed by atoms with E-state index in [9.17, 15) is 5.11 Å². The van der Waals surface area contributed by atoms with Crippen molar-refractivity contribution in [2.75, 3.05) is 0 Å². The summed E-state index contributed by atoms with van der Waals surface area (Å²) in [5, 5.41) is 11.3. The zero-order chi connectivity index (χ0) is 14.3. The molecule has 0 aromatic heterocycles. The van der Waals surface area contributed by atoms with E-state index in [0.29, 0.717) is 10.8 Å². The molecule has 0 aliphatic rings. The molecule has 0 fully saturated rings. The SMILES string of the molecule is CCCCCCCC(C)(C)[Si]c1ccc(O)c(I)c1.